The minimum atomic E-state index is -0.199. The first-order chi connectivity index (χ1) is 9.77. The van der Waals surface area contributed by atoms with Crippen molar-refractivity contribution in [2.24, 2.45) is 5.92 Å². The third-order valence-corrected chi connectivity index (χ3v) is 4.56. The lowest BCUT2D eigenvalue weighted by molar-refractivity contribution is -0.0779. The van der Waals surface area contributed by atoms with Gasteiger partial charge in [0.25, 0.3) is 0 Å². The highest BCUT2D eigenvalue weighted by Crippen LogP contribution is 2.48. The highest BCUT2D eigenvalue weighted by atomic mass is 35.5. The molecule has 1 N–H and O–H groups in total. The Balaban J connectivity index is 2.35. The van der Waals surface area contributed by atoms with Crippen molar-refractivity contribution in [3.05, 3.63) is 29.0 Å². The first-order valence-corrected chi connectivity index (χ1v) is 8.18. The lowest BCUT2D eigenvalue weighted by Crippen LogP contribution is -2.39. The van der Waals surface area contributed by atoms with Gasteiger partial charge < -0.3 is 10.1 Å². The van der Waals surface area contributed by atoms with Crippen LogP contribution in [0.15, 0.2) is 18.3 Å². The van der Waals surface area contributed by atoms with Crippen LogP contribution >= 0.6 is 11.6 Å². The molecule has 2 rings (SSSR count). The van der Waals surface area contributed by atoms with Gasteiger partial charge in [0.1, 0.15) is 0 Å². The molecule has 0 bridgehead atoms. The van der Waals surface area contributed by atoms with Gasteiger partial charge in [-0.2, -0.15) is 0 Å². The van der Waals surface area contributed by atoms with Crippen LogP contribution < -0.4 is 5.32 Å². The molecule has 2 heterocycles. The largest absolute Gasteiger partial charge is 0.369 e. The average molecular weight is 311 g/mol. The van der Waals surface area contributed by atoms with Crippen LogP contribution in [0.2, 0.25) is 5.02 Å². The van der Waals surface area contributed by atoms with Gasteiger partial charge in [0.15, 0.2) is 0 Å². The Bertz CT molecular complexity index is 487. The van der Waals surface area contributed by atoms with E-state index in [4.69, 9.17) is 16.3 Å². The summed E-state index contributed by atoms with van der Waals surface area (Å²) >= 11 is 6.40. The molecule has 0 aromatic carbocycles. The Morgan fingerprint density at radius 3 is 2.67 bits per heavy atom. The van der Waals surface area contributed by atoms with Crippen molar-refractivity contribution in [1.82, 2.24) is 10.3 Å². The van der Waals surface area contributed by atoms with Crippen LogP contribution in [0.3, 0.4) is 0 Å². The van der Waals surface area contributed by atoms with Crippen LogP contribution in [-0.4, -0.2) is 22.7 Å². The Hall–Kier alpha value is -0.640. The van der Waals surface area contributed by atoms with Crippen LogP contribution in [0.4, 0.5) is 0 Å². The van der Waals surface area contributed by atoms with E-state index in [9.17, 15) is 0 Å². The maximum atomic E-state index is 6.40. The number of ether oxygens (including phenoxy) is 1. The lowest BCUT2D eigenvalue weighted by atomic mass is 9.80. The number of hydrogen-bond acceptors (Lipinski definition) is 3. The molecular weight excluding hydrogens is 284 g/mol. The van der Waals surface area contributed by atoms with Crippen molar-refractivity contribution < 1.29 is 4.74 Å². The fourth-order valence-corrected chi connectivity index (χ4v) is 3.72. The van der Waals surface area contributed by atoms with Gasteiger partial charge in [-0.05, 0) is 59.2 Å². The number of halogens is 1. The molecule has 118 valence electrons. The second-order valence-electron chi connectivity index (χ2n) is 7.08. The first kappa shape index (κ1) is 16.7. The molecule has 1 saturated heterocycles. The first-order valence-electron chi connectivity index (χ1n) is 7.81. The van der Waals surface area contributed by atoms with Gasteiger partial charge in [0.05, 0.1) is 28.0 Å². The van der Waals surface area contributed by atoms with Crippen LogP contribution in [0.25, 0.3) is 0 Å². The van der Waals surface area contributed by atoms with E-state index in [2.05, 4.69) is 44.9 Å². The van der Waals surface area contributed by atoms with Gasteiger partial charge in [0, 0.05) is 12.1 Å². The topological polar surface area (TPSA) is 34.2 Å². The highest BCUT2D eigenvalue weighted by Gasteiger charge is 2.49. The Labute approximate surface area is 133 Å². The fraction of sp³-hybridized carbons (Fsp3) is 0.706. The lowest BCUT2D eigenvalue weighted by Gasteiger charge is -2.33. The SMILES string of the molecule is CCCNC(c1ncccc1Cl)C1CC(C)(C)OC1(C)C. The highest BCUT2D eigenvalue weighted by molar-refractivity contribution is 6.31. The Kier molecular flexibility index (Phi) is 4.96. The predicted octanol–water partition coefficient (Wildman–Crippen LogP) is 4.37. The van der Waals surface area contributed by atoms with Crippen molar-refractivity contribution in [1.29, 1.82) is 0 Å². The normalized spacial score (nSPS) is 25.0. The summed E-state index contributed by atoms with van der Waals surface area (Å²) in [7, 11) is 0. The van der Waals surface area contributed by atoms with Gasteiger partial charge in [-0.3, -0.25) is 4.98 Å². The van der Waals surface area contributed by atoms with E-state index >= 15 is 0 Å². The molecule has 0 aliphatic carbocycles. The zero-order valence-corrected chi connectivity index (χ0v) is 14.5. The zero-order valence-electron chi connectivity index (χ0n) is 13.7. The van der Waals surface area contributed by atoms with Gasteiger partial charge in [-0.1, -0.05) is 18.5 Å². The van der Waals surface area contributed by atoms with Crippen LogP contribution in [-0.2, 0) is 4.74 Å². The van der Waals surface area contributed by atoms with Gasteiger partial charge in [-0.15, -0.1) is 0 Å². The summed E-state index contributed by atoms with van der Waals surface area (Å²) in [6.45, 7) is 11.8. The van der Waals surface area contributed by atoms with E-state index in [0.29, 0.717) is 5.92 Å². The van der Waals surface area contributed by atoms with E-state index in [-0.39, 0.29) is 17.2 Å². The molecule has 0 saturated carbocycles. The molecular formula is C17H27ClN2O. The van der Waals surface area contributed by atoms with E-state index in [1.165, 1.54) is 0 Å². The Morgan fingerprint density at radius 1 is 1.43 bits per heavy atom. The molecule has 1 aliphatic heterocycles. The second-order valence-corrected chi connectivity index (χ2v) is 7.49. The number of rotatable bonds is 5. The molecule has 1 aliphatic rings. The number of aromatic nitrogens is 1. The van der Waals surface area contributed by atoms with E-state index in [1.54, 1.807) is 0 Å². The zero-order chi connectivity index (χ0) is 15.7. The number of nitrogens with one attached hydrogen (secondary N) is 1. The van der Waals surface area contributed by atoms with E-state index in [0.717, 1.165) is 30.1 Å². The molecule has 0 spiro atoms. The van der Waals surface area contributed by atoms with Crippen LogP contribution in [0.1, 0.15) is 59.2 Å². The number of hydrogen-bond donors (Lipinski definition) is 1. The summed E-state index contributed by atoms with van der Waals surface area (Å²) in [5.74, 6) is 0.339. The van der Waals surface area contributed by atoms with Crippen LogP contribution in [0, 0.1) is 5.92 Å². The molecule has 0 radical (unpaired) electrons. The summed E-state index contributed by atoms with van der Waals surface area (Å²) in [4.78, 5) is 4.54. The maximum Gasteiger partial charge on any atom is 0.0762 e. The number of pyridine rings is 1. The van der Waals surface area contributed by atoms with Crippen molar-refractivity contribution in [3.8, 4) is 0 Å². The van der Waals surface area contributed by atoms with Crippen molar-refractivity contribution in [2.45, 2.75) is 64.7 Å². The Morgan fingerprint density at radius 2 is 2.14 bits per heavy atom. The van der Waals surface area contributed by atoms with Crippen molar-refractivity contribution in [3.63, 3.8) is 0 Å². The summed E-state index contributed by atoms with van der Waals surface area (Å²) in [5, 5.41) is 4.36. The minimum absolute atomic E-state index is 0.110. The molecule has 0 amide bonds. The summed E-state index contributed by atoms with van der Waals surface area (Å²) in [6.07, 6.45) is 3.89. The molecule has 2 unspecified atom stereocenters. The van der Waals surface area contributed by atoms with Crippen molar-refractivity contribution >= 4 is 11.6 Å². The molecule has 2 atom stereocenters. The minimum Gasteiger partial charge on any atom is -0.369 e. The quantitative estimate of drug-likeness (QED) is 0.877. The molecule has 21 heavy (non-hydrogen) atoms. The second kappa shape index (κ2) is 6.23. The summed E-state index contributed by atoms with van der Waals surface area (Å²) in [6, 6.07) is 3.91. The molecule has 1 aromatic rings. The average Bonchev–Trinajstić information content (AvgIpc) is 2.60. The van der Waals surface area contributed by atoms with Crippen molar-refractivity contribution in [2.75, 3.05) is 6.54 Å². The van der Waals surface area contributed by atoms with E-state index in [1.807, 2.05) is 18.3 Å². The summed E-state index contributed by atoms with van der Waals surface area (Å²) in [5.41, 5.74) is 0.629. The van der Waals surface area contributed by atoms with Gasteiger partial charge >= 0.3 is 0 Å². The van der Waals surface area contributed by atoms with Crippen LogP contribution in [0.5, 0.6) is 0 Å². The standard InChI is InChI=1S/C17H27ClN2O/c1-6-9-19-14(15-13(18)8-7-10-20-15)12-11-16(2,3)21-17(12,4)5/h7-8,10,12,14,19H,6,9,11H2,1-5H3. The smallest absolute Gasteiger partial charge is 0.0762 e. The molecule has 1 aromatic heterocycles. The van der Waals surface area contributed by atoms with Gasteiger partial charge in [-0.25, -0.2) is 0 Å². The monoisotopic (exact) mass is 310 g/mol. The number of nitrogens with zero attached hydrogens (tertiary/aromatic N) is 1. The van der Waals surface area contributed by atoms with E-state index < -0.39 is 0 Å². The third-order valence-electron chi connectivity index (χ3n) is 4.24. The molecule has 1 fully saturated rings. The third kappa shape index (κ3) is 3.77. The fourth-order valence-electron chi connectivity index (χ4n) is 3.48. The maximum absolute atomic E-state index is 6.40. The molecule has 3 nitrogen and oxygen atoms in total. The summed E-state index contributed by atoms with van der Waals surface area (Å²) < 4.78 is 6.26. The molecule has 4 heteroatoms. The van der Waals surface area contributed by atoms with Gasteiger partial charge in [0.2, 0.25) is 0 Å². The predicted molar refractivity (Wildman–Crippen MR) is 87.6 cm³/mol.